The number of rotatable bonds is 5. The van der Waals surface area contributed by atoms with Crippen LogP contribution in [0.5, 0.6) is 0 Å². The van der Waals surface area contributed by atoms with E-state index in [9.17, 15) is 4.79 Å². The predicted octanol–water partition coefficient (Wildman–Crippen LogP) is 2.15. The summed E-state index contributed by atoms with van der Waals surface area (Å²) >= 11 is 0. The van der Waals surface area contributed by atoms with E-state index in [2.05, 4.69) is 61.8 Å². The molecule has 2 aromatic heterocycles. The Morgan fingerprint density at radius 3 is 2.62 bits per heavy atom. The van der Waals surface area contributed by atoms with Gasteiger partial charge in [-0.1, -0.05) is 12.1 Å². The Morgan fingerprint density at radius 2 is 1.86 bits per heavy atom. The number of likely N-dealkylation sites (N-methyl/N-ethyl adjacent to an activating group) is 1. The van der Waals surface area contributed by atoms with Crippen molar-refractivity contribution >= 4 is 23.2 Å². The van der Waals surface area contributed by atoms with Crippen LogP contribution in [-0.2, 0) is 6.42 Å². The fraction of sp³-hybridized carbons (Fsp3) is 0.381. The molecule has 4 rings (SSSR count). The molecule has 2 amide bonds. The van der Waals surface area contributed by atoms with Crippen LogP contribution in [0.15, 0.2) is 42.6 Å². The number of piperazine rings is 1. The molecule has 0 radical (unpaired) electrons. The lowest BCUT2D eigenvalue weighted by atomic mass is 10.1. The normalized spacial score (nSPS) is 14.9. The van der Waals surface area contributed by atoms with Gasteiger partial charge in [-0.2, -0.15) is 9.61 Å². The van der Waals surface area contributed by atoms with Crippen molar-refractivity contribution < 1.29 is 4.79 Å². The zero-order valence-corrected chi connectivity index (χ0v) is 16.9. The molecule has 0 atom stereocenters. The standard InChI is InChI=1S/C21H27N7O/c1-16-15-20-22-10-8-19(28(20)25-16)24-21(29)23-9-7-17-3-5-18(6-4-17)27-13-11-26(2)12-14-27/h3-6,8,10,15H,7,9,11-14H2,1-2H3,(H2,23,24,29). The molecule has 152 valence electrons. The Hall–Kier alpha value is -3.13. The molecule has 29 heavy (non-hydrogen) atoms. The quantitative estimate of drug-likeness (QED) is 0.695. The smallest absolute Gasteiger partial charge is 0.320 e. The van der Waals surface area contributed by atoms with Gasteiger partial charge in [0.25, 0.3) is 0 Å². The summed E-state index contributed by atoms with van der Waals surface area (Å²) in [5, 5.41) is 10.1. The van der Waals surface area contributed by atoms with Crippen LogP contribution in [0.25, 0.3) is 5.65 Å². The van der Waals surface area contributed by atoms with E-state index in [1.54, 1.807) is 16.8 Å². The van der Waals surface area contributed by atoms with Crippen molar-refractivity contribution in [2.24, 2.45) is 0 Å². The van der Waals surface area contributed by atoms with E-state index >= 15 is 0 Å². The fourth-order valence-corrected chi connectivity index (χ4v) is 3.52. The van der Waals surface area contributed by atoms with Gasteiger partial charge in [-0.25, -0.2) is 9.78 Å². The third-order valence-corrected chi connectivity index (χ3v) is 5.23. The summed E-state index contributed by atoms with van der Waals surface area (Å²) in [5.74, 6) is 0.595. The van der Waals surface area contributed by atoms with Crippen molar-refractivity contribution in [3.05, 3.63) is 53.9 Å². The first-order chi connectivity index (χ1) is 14.1. The second kappa shape index (κ2) is 8.48. The molecule has 1 fully saturated rings. The van der Waals surface area contributed by atoms with Crippen LogP contribution >= 0.6 is 0 Å². The number of fused-ring (bicyclic) bond motifs is 1. The molecular weight excluding hydrogens is 366 g/mol. The number of hydrogen-bond acceptors (Lipinski definition) is 5. The SMILES string of the molecule is Cc1cc2nccc(NC(=O)NCCc3ccc(N4CCN(C)CC4)cc3)n2n1. The molecule has 0 aliphatic carbocycles. The molecule has 0 spiro atoms. The topological polar surface area (TPSA) is 77.8 Å². The summed E-state index contributed by atoms with van der Waals surface area (Å²) in [4.78, 5) is 21.3. The van der Waals surface area contributed by atoms with Crippen LogP contribution in [0.3, 0.4) is 0 Å². The second-order valence-corrected chi connectivity index (χ2v) is 7.47. The summed E-state index contributed by atoms with van der Waals surface area (Å²) in [6.45, 7) is 6.79. The van der Waals surface area contributed by atoms with E-state index in [4.69, 9.17) is 0 Å². The van der Waals surface area contributed by atoms with Crippen LogP contribution in [0.4, 0.5) is 16.3 Å². The highest BCUT2D eigenvalue weighted by molar-refractivity contribution is 5.88. The first-order valence-corrected chi connectivity index (χ1v) is 9.97. The lowest BCUT2D eigenvalue weighted by Crippen LogP contribution is -2.44. The maximum Gasteiger partial charge on any atom is 0.320 e. The number of carbonyl (C=O) groups excluding carboxylic acids is 1. The lowest BCUT2D eigenvalue weighted by molar-refractivity contribution is 0.252. The van der Waals surface area contributed by atoms with Gasteiger partial charge in [-0.05, 0) is 44.2 Å². The van der Waals surface area contributed by atoms with Gasteiger partial charge < -0.3 is 15.1 Å². The average Bonchev–Trinajstić information content (AvgIpc) is 3.10. The molecule has 0 saturated carbocycles. The number of benzene rings is 1. The van der Waals surface area contributed by atoms with Gasteiger partial charge in [0.2, 0.25) is 0 Å². The number of anilines is 2. The number of hydrogen-bond donors (Lipinski definition) is 2. The molecule has 8 heteroatoms. The van der Waals surface area contributed by atoms with Crippen molar-refractivity contribution in [2.45, 2.75) is 13.3 Å². The van der Waals surface area contributed by atoms with Crippen molar-refractivity contribution in [1.82, 2.24) is 24.8 Å². The predicted molar refractivity (Wildman–Crippen MR) is 115 cm³/mol. The number of urea groups is 1. The van der Waals surface area contributed by atoms with Gasteiger partial charge in [0.1, 0.15) is 5.82 Å². The van der Waals surface area contributed by atoms with Crippen LogP contribution in [0.1, 0.15) is 11.3 Å². The van der Waals surface area contributed by atoms with Gasteiger partial charge in [0.15, 0.2) is 5.65 Å². The van der Waals surface area contributed by atoms with Gasteiger partial charge in [-0.15, -0.1) is 0 Å². The van der Waals surface area contributed by atoms with Crippen LogP contribution in [-0.4, -0.2) is 65.3 Å². The number of carbonyl (C=O) groups is 1. The molecule has 1 aliphatic rings. The summed E-state index contributed by atoms with van der Waals surface area (Å²) in [7, 11) is 2.16. The van der Waals surface area contributed by atoms with Crippen molar-refractivity contribution in [1.29, 1.82) is 0 Å². The monoisotopic (exact) mass is 393 g/mol. The number of nitrogens with one attached hydrogen (secondary N) is 2. The van der Waals surface area contributed by atoms with E-state index in [0.29, 0.717) is 18.0 Å². The van der Waals surface area contributed by atoms with Gasteiger partial charge in [-0.3, -0.25) is 5.32 Å². The van der Waals surface area contributed by atoms with Crippen molar-refractivity contribution in [2.75, 3.05) is 50.0 Å². The first kappa shape index (κ1) is 19.2. The number of amides is 2. The summed E-state index contributed by atoms with van der Waals surface area (Å²) in [6, 6.07) is 12.0. The minimum atomic E-state index is -0.250. The third kappa shape index (κ3) is 4.65. The van der Waals surface area contributed by atoms with E-state index in [1.807, 2.05) is 13.0 Å². The summed E-state index contributed by atoms with van der Waals surface area (Å²) in [5.41, 5.74) is 4.04. The van der Waals surface area contributed by atoms with Crippen LogP contribution < -0.4 is 15.5 Å². The van der Waals surface area contributed by atoms with Crippen molar-refractivity contribution in [3.63, 3.8) is 0 Å². The number of nitrogens with zero attached hydrogens (tertiary/aromatic N) is 5. The van der Waals surface area contributed by atoms with Gasteiger partial charge in [0.05, 0.1) is 5.69 Å². The Balaban J connectivity index is 1.27. The number of aromatic nitrogens is 3. The Kier molecular flexibility index (Phi) is 5.62. The Morgan fingerprint density at radius 1 is 1.10 bits per heavy atom. The molecule has 3 heterocycles. The Bertz CT molecular complexity index is 974. The highest BCUT2D eigenvalue weighted by Crippen LogP contribution is 2.17. The molecule has 0 unspecified atom stereocenters. The second-order valence-electron chi connectivity index (χ2n) is 7.47. The maximum atomic E-state index is 12.2. The van der Waals surface area contributed by atoms with Crippen molar-refractivity contribution in [3.8, 4) is 0 Å². The molecule has 1 aliphatic heterocycles. The van der Waals surface area contributed by atoms with E-state index < -0.39 is 0 Å². The van der Waals surface area contributed by atoms with Crippen LogP contribution in [0, 0.1) is 6.92 Å². The van der Waals surface area contributed by atoms with Gasteiger partial charge in [0, 0.05) is 50.7 Å². The molecule has 0 bridgehead atoms. The van der Waals surface area contributed by atoms with Gasteiger partial charge >= 0.3 is 6.03 Å². The Labute approximate surface area is 170 Å². The average molecular weight is 393 g/mol. The fourth-order valence-electron chi connectivity index (χ4n) is 3.52. The lowest BCUT2D eigenvalue weighted by Gasteiger charge is -2.34. The highest BCUT2D eigenvalue weighted by atomic mass is 16.2. The first-order valence-electron chi connectivity index (χ1n) is 9.97. The maximum absolute atomic E-state index is 12.2. The molecule has 1 aromatic carbocycles. The molecule has 1 saturated heterocycles. The number of aryl methyl sites for hydroxylation is 1. The molecule has 3 aromatic rings. The third-order valence-electron chi connectivity index (χ3n) is 5.23. The minimum Gasteiger partial charge on any atom is -0.369 e. The summed E-state index contributed by atoms with van der Waals surface area (Å²) in [6.07, 6.45) is 2.44. The van der Waals surface area contributed by atoms with E-state index in [-0.39, 0.29) is 6.03 Å². The highest BCUT2D eigenvalue weighted by Gasteiger charge is 2.14. The zero-order valence-electron chi connectivity index (χ0n) is 16.9. The molecule has 8 nitrogen and oxygen atoms in total. The molecule has 2 N–H and O–H groups in total. The molecular formula is C21H27N7O. The largest absolute Gasteiger partial charge is 0.369 e. The van der Waals surface area contributed by atoms with E-state index in [1.165, 1.54) is 11.3 Å². The zero-order chi connectivity index (χ0) is 20.2. The van der Waals surface area contributed by atoms with E-state index in [0.717, 1.165) is 38.3 Å². The summed E-state index contributed by atoms with van der Waals surface area (Å²) < 4.78 is 1.63. The minimum absolute atomic E-state index is 0.250. The van der Waals surface area contributed by atoms with Crippen LogP contribution in [0.2, 0.25) is 0 Å².